The van der Waals surface area contributed by atoms with E-state index in [9.17, 15) is 5.26 Å². The molecular formula is C26H29N7S. The first kappa shape index (κ1) is 22.4. The van der Waals surface area contributed by atoms with Crippen LogP contribution in [0.15, 0.2) is 54.6 Å². The SMILES string of the molecule is CC(C)(C)Nc1c(-c2ccccc2)nc2sc(N3CCN(Cc4ccccc4C#N)CC3)nn12. The number of nitrogens with one attached hydrogen (secondary N) is 1. The fraction of sp³-hybridized carbons (Fsp3) is 0.346. The lowest BCUT2D eigenvalue weighted by Crippen LogP contribution is -2.46. The van der Waals surface area contributed by atoms with Crippen molar-refractivity contribution >= 4 is 27.2 Å². The summed E-state index contributed by atoms with van der Waals surface area (Å²) in [6.45, 7) is 10.9. The van der Waals surface area contributed by atoms with Gasteiger partial charge in [0.25, 0.3) is 0 Å². The van der Waals surface area contributed by atoms with E-state index in [-0.39, 0.29) is 5.54 Å². The number of imidazole rings is 1. The van der Waals surface area contributed by atoms with Gasteiger partial charge in [-0.1, -0.05) is 59.9 Å². The van der Waals surface area contributed by atoms with Gasteiger partial charge < -0.3 is 10.2 Å². The highest BCUT2D eigenvalue weighted by Gasteiger charge is 2.25. The van der Waals surface area contributed by atoms with E-state index in [1.54, 1.807) is 11.3 Å². The summed E-state index contributed by atoms with van der Waals surface area (Å²) in [5.41, 5.74) is 3.76. The van der Waals surface area contributed by atoms with Gasteiger partial charge in [0, 0.05) is 43.8 Å². The molecule has 0 radical (unpaired) electrons. The molecule has 4 aromatic rings. The van der Waals surface area contributed by atoms with Crippen molar-refractivity contribution in [1.82, 2.24) is 19.5 Å². The highest BCUT2D eigenvalue weighted by atomic mass is 32.1. The predicted molar refractivity (Wildman–Crippen MR) is 138 cm³/mol. The van der Waals surface area contributed by atoms with Crippen molar-refractivity contribution in [3.8, 4) is 17.3 Å². The number of hydrogen-bond acceptors (Lipinski definition) is 7. The Bertz CT molecular complexity index is 1320. The van der Waals surface area contributed by atoms with Gasteiger partial charge in [-0.2, -0.15) is 9.78 Å². The van der Waals surface area contributed by atoms with E-state index >= 15 is 0 Å². The first-order valence-corrected chi connectivity index (χ1v) is 12.4. The quantitative estimate of drug-likeness (QED) is 0.448. The molecule has 7 nitrogen and oxygen atoms in total. The Morgan fingerprint density at radius 3 is 2.41 bits per heavy atom. The van der Waals surface area contributed by atoms with Gasteiger partial charge in [0.1, 0.15) is 5.69 Å². The molecule has 174 valence electrons. The van der Waals surface area contributed by atoms with Crippen LogP contribution < -0.4 is 10.2 Å². The van der Waals surface area contributed by atoms with Gasteiger partial charge in [-0.15, -0.1) is 5.10 Å². The average molecular weight is 472 g/mol. The van der Waals surface area contributed by atoms with E-state index < -0.39 is 0 Å². The number of anilines is 2. The third kappa shape index (κ3) is 4.63. The largest absolute Gasteiger partial charge is 0.364 e. The zero-order chi connectivity index (χ0) is 23.7. The van der Waals surface area contributed by atoms with Crippen LogP contribution in [0.25, 0.3) is 16.2 Å². The molecule has 5 rings (SSSR count). The molecule has 0 unspecified atom stereocenters. The number of nitrogens with zero attached hydrogens (tertiary/aromatic N) is 6. The van der Waals surface area contributed by atoms with E-state index in [0.717, 1.165) is 71.0 Å². The van der Waals surface area contributed by atoms with Crippen LogP contribution in [0.3, 0.4) is 0 Å². The summed E-state index contributed by atoms with van der Waals surface area (Å²) >= 11 is 1.64. The normalized spacial score (nSPS) is 14.9. The monoisotopic (exact) mass is 471 g/mol. The van der Waals surface area contributed by atoms with E-state index in [0.29, 0.717) is 0 Å². The van der Waals surface area contributed by atoms with Crippen LogP contribution in [0.5, 0.6) is 0 Å². The van der Waals surface area contributed by atoms with Gasteiger partial charge in [-0.05, 0) is 32.4 Å². The number of hydrogen-bond donors (Lipinski definition) is 1. The molecule has 0 bridgehead atoms. The zero-order valence-corrected chi connectivity index (χ0v) is 20.6. The van der Waals surface area contributed by atoms with Crippen LogP contribution in [0.4, 0.5) is 10.9 Å². The van der Waals surface area contributed by atoms with Crippen molar-refractivity contribution in [2.45, 2.75) is 32.9 Å². The van der Waals surface area contributed by atoms with Crippen molar-refractivity contribution < 1.29 is 0 Å². The maximum Gasteiger partial charge on any atom is 0.216 e. The van der Waals surface area contributed by atoms with Gasteiger partial charge in [-0.25, -0.2) is 4.98 Å². The minimum Gasteiger partial charge on any atom is -0.364 e. The average Bonchev–Trinajstić information content (AvgIpc) is 3.39. The fourth-order valence-corrected chi connectivity index (χ4v) is 5.19. The molecule has 2 aromatic heterocycles. The number of piperazine rings is 1. The Balaban J connectivity index is 1.35. The van der Waals surface area contributed by atoms with Crippen LogP contribution in [-0.2, 0) is 6.54 Å². The molecule has 1 aliphatic heterocycles. The second-order valence-corrected chi connectivity index (χ2v) is 10.6. The second kappa shape index (κ2) is 9.09. The number of nitriles is 1. The van der Waals surface area contributed by atoms with Crippen molar-refractivity contribution in [1.29, 1.82) is 5.26 Å². The molecule has 0 saturated carbocycles. The molecule has 3 heterocycles. The smallest absolute Gasteiger partial charge is 0.216 e. The molecule has 1 N–H and O–H groups in total. The Labute approximate surface area is 204 Å². The Morgan fingerprint density at radius 1 is 1.00 bits per heavy atom. The van der Waals surface area contributed by atoms with Crippen molar-refractivity contribution in [3.05, 3.63) is 65.7 Å². The van der Waals surface area contributed by atoms with Crippen LogP contribution >= 0.6 is 11.3 Å². The summed E-state index contributed by atoms with van der Waals surface area (Å²) < 4.78 is 1.96. The Kier molecular flexibility index (Phi) is 5.98. The second-order valence-electron chi connectivity index (χ2n) is 9.66. The van der Waals surface area contributed by atoms with Gasteiger partial charge in [0.2, 0.25) is 10.1 Å². The van der Waals surface area contributed by atoms with Gasteiger partial charge in [0.15, 0.2) is 5.82 Å². The van der Waals surface area contributed by atoms with Crippen LogP contribution in [0.2, 0.25) is 0 Å². The van der Waals surface area contributed by atoms with Gasteiger partial charge >= 0.3 is 0 Å². The third-order valence-corrected chi connectivity index (χ3v) is 6.88. The standard InChI is InChI=1S/C26H29N7S/c1-26(2,3)29-23-22(19-9-5-4-6-10-19)28-24-33(23)30-25(34-24)32-15-13-31(14-16-32)18-21-12-8-7-11-20(21)17-27/h4-12,29H,13-16,18H2,1-3H3. The molecule has 1 saturated heterocycles. The zero-order valence-electron chi connectivity index (χ0n) is 19.8. The summed E-state index contributed by atoms with van der Waals surface area (Å²) in [6, 6.07) is 20.5. The highest BCUT2D eigenvalue weighted by Crippen LogP contribution is 2.35. The molecule has 0 spiro atoms. The van der Waals surface area contributed by atoms with E-state index in [4.69, 9.17) is 10.1 Å². The number of aromatic nitrogens is 3. The van der Waals surface area contributed by atoms with Crippen molar-refractivity contribution in [2.75, 3.05) is 36.4 Å². The number of fused-ring (bicyclic) bond motifs is 1. The summed E-state index contributed by atoms with van der Waals surface area (Å²) in [5.74, 6) is 0.933. The molecular weight excluding hydrogens is 442 g/mol. The lowest BCUT2D eigenvalue weighted by molar-refractivity contribution is 0.249. The molecule has 0 aliphatic carbocycles. The first-order valence-electron chi connectivity index (χ1n) is 11.6. The van der Waals surface area contributed by atoms with Crippen LogP contribution in [0.1, 0.15) is 31.9 Å². The minimum absolute atomic E-state index is 0.116. The molecule has 34 heavy (non-hydrogen) atoms. The van der Waals surface area contributed by atoms with Gasteiger partial charge in [-0.3, -0.25) is 4.90 Å². The summed E-state index contributed by atoms with van der Waals surface area (Å²) in [4.78, 5) is 10.6. The summed E-state index contributed by atoms with van der Waals surface area (Å²) in [6.07, 6.45) is 0. The highest BCUT2D eigenvalue weighted by molar-refractivity contribution is 7.20. The number of benzene rings is 2. The third-order valence-electron chi connectivity index (χ3n) is 5.91. The predicted octanol–water partition coefficient (Wildman–Crippen LogP) is 4.86. The lowest BCUT2D eigenvalue weighted by Gasteiger charge is -2.34. The van der Waals surface area contributed by atoms with E-state index in [2.05, 4.69) is 60.2 Å². The molecule has 1 fully saturated rings. The molecule has 0 amide bonds. The maximum atomic E-state index is 9.38. The molecule has 8 heteroatoms. The lowest BCUT2D eigenvalue weighted by atomic mass is 10.1. The summed E-state index contributed by atoms with van der Waals surface area (Å²) in [5, 5.41) is 19.0. The van der Waals surface area contributed by atoms with Crippen molar-refractivity contribution in [2.24, 2.45) is 0 Å². The minimum atomic E-state index is -0.116. The molecule has 1 aliphatic rings. The molecule has 2 aromatic carbocycles. The van der Waals surface area contributed by atoms with Crippen LogP contribution in [-0.4, -0.2) is 51.2 Å². The topological polar surface area (TPSA) is 72.5 Å². The number of rotatable bonds is 5. The van der Waals surface area contributed by atoms with Crippen molar-refractivity contribution in [3.63, 3.8) is 0 Å². The summed E-state index contributed by atoms with van der Waals surface area (Å²) in [7, 11) is 0. The first-order chi connectivity index (χ1) is 16.4. The van der Waals surface area contributed by atoms with Crippen LogP contribution in [0, 0.1) is 11.3 Å². The van der Waals surface area contributed by atoms with Gasteiger partial charge in [0.05, 0.1) is 11.6 Å². The maximum absolute atomic E-state index is 9.38. The Hall–Kier alpha value is -3.41. The molecule has 0 atom stereocenters. The van der Waals surface area contributed by atoms with E-state index in [1.165, 1.54) is 0 Å². The fourth-order valence-electron chi connectivity index (χ4n) is 4.24. The Morgan fingerprint density at radius 2 is 1.71 bits per heavy atom. The van der Waals surface area contributed by atoms with E-state index in [1.807, 2.05) is 40.9 Å².